The van der Waals surface area contributed by atoms with Crippen molar-refractivity contribution in [3.8, 4) is 0 Å². The first-order chi connectivity index (χ1) is 8.12. The van der Waals surface area contributed by atoms with Gasteiger partial charge >= 0.3 is 0 Å². The van der Waals surface area contributed by atoms with Gasteiger partial charge in [0.25, 0.3) is 5.69 Å². The fraction of sp³-hybridized carbons (Fsp3) is 0.500. The van der Waals surface area contributed by atoms with Gasteiger partial charge in [0.1, 0.15) is 11.5 Å². The lowest BCUT2D eigenvalue weighted by Crippen LogP contribution is -2.31. The Bertz CT molecular complexity index is 472. The molecule has 0 saturated carbocycles. The van der Waals surface area contributed by atoms with Crippen molar-refractivity contribution in [1.29, 1.82) is 0 Å². The quantitative estimate of drug-likeness (QED) is 0.496. The third kappa shape index (κ3) is 3.54. The van der Waals surface area contributed by atoms with Crippen molar-refractivity contribution in [2.24, 2.45) is 5.41 Å². The van der Waals surface area contributed by atoms with Gasteiger partial charge in [-0.2, -0.15) is 0 Å². The highest BCUT2D eigenvalue weighted by Crippen LogP contribution is 2.31. The first-order valence-electron chi connectivity index (χ1n) is 5.53. The van der Waals surface area contributed by atoms with Crippen LogP contribution in [0.15, 0.2) is 12.1 Å². The van der Waals surface area contributed by atoms with Crippen LogP contribution in [0.4, 0.5) is 15.8 Å². The molecule has 6 heteroatoms. The van der Waals surface area contributed by atoms with Crippen LogP contribution < -0.4 is 5.32 Å². The van der Waals surface area contributed by atoms with Crippen LogP contribution in [0.5, 0.6) is 0 Å². The van der Waals surface area contributed by atoms with E-state index in [9.17, 15) is 14.5 Å². The minimum absolute atomic E-state index is 0.0179. The predicted octanol–water partition coefficient (Wildman–Crippen LogP) is 4.19. The smallest absolute Gasteiger partial charge is 0.293 e. The Kier molecular flexibility index (Phi) is 4.52. The molecule has 18 heavy (non-hydrogen) atoms. The van der Waals surface area contributed by atoms with Crippen LogP contribution in [-0.2, 0) is 0 Å². The summed E-state index contributed by atoms with van der Waals surface area (Å²) in [4.78, 5) is 10.5. The number of nitrogens with one attached hydrogen (secondary N) is 1. The Labute approximate surface area is 119 Å². The van der Waals surface area contributed by atoms with E-state index >= 15 is 0 Å². The van der Waals surface area contributed by atoms with Crippen LogP contribution >= 0.6 is 22.6 Å². The number of anilines is 1. The fourth-order valence-corrected chi connectivity index (χ4v) is 1.70. The van der Waals surface area contributed by atoms with E-state index in [0.29, 0.717) is 0 Å². The number of nitro benzene ring substituents is 1. The molecule has 0 aliphatic heterocycles. The molecule has 0 radical (unpaired) electrons. The van der Waals surface area contributed by atoms with Crippen molar-refractivity contribution in [1.82, 2.24) is 0 Å². The highest BCUT2D eigenvalue weighted by Gasteiger charge is 2.24. The van der Waals surface area contributed by atoms with Crippen molar-refractivity contribution in [3.63, 3.8) is 0 Å². The normalized spacial score (nSPS) is 13.2. The largest absolute Gasteiger partial charge is 0.376 e. The number of nitrogens with zero attached hydrogens (tertiary/aromatic N) is 1. The van der Waals surface area contributed by atoms with Gasteiger partial charge in [-0.25, -0.2) is 4.39 Å². The van der Waals surface area contributed by atoms with E-state index in [2.05, 4.69) is 5.32 Å². The first kappa shape index (κ1) is 15.1. The Hall–Kier alpha value is -0.920. The Morgan fingerprint density at radius 2 is 2.00 bits per heavy atom. The molecule has 1 unspecified atom stereocenters. The summed E-state index contributed by atoms with van der Waals surface area (Å²) < 4.78 is 13.7. The zero-order valence-electron chi connectivity index (χ0n) is 10.8. The average Bonchev–Trinajstić information content (AvgIpc) is 2.21. The molecule has 0 aliphatic carbocycles. The lowest BCUT2D eigenvalue weighted by Gasteiger charge is -2.28. The van der Waals surface area contributed by atoms with Gasteiger partial charge in [-0.3, -0.25) is 10.1 Å². The maximum atomic E-state index is 13.5. The average molecular weight is 366 g/mol. The molecule has 0 bridgehead atoms. The van der Waals surface area contributed by atoms with E-state index in [-0.39, 0.29) is 26.4 Å². The van der Waals surface area contributed by atoms with Gasteiger partial charge in [0.2, 0.25) is 0 Å². The number of rotatable bonds is 3. The third-order valence-corrected chi connectivity index (χ3v) is 3.73. The molecule has 1 aromatic rings. The van der Waals surface area contributed by atoms with E-state index in [0.717, 1.165) is 0 Å². The molecule has 0 aliphatic rings. The maximum absolute atomic E-state index is 13.5. The predicted molar refractivity (Wildman–Crippen MR) is 78.3 cm³/mol. The SMILES string of the molecule is CC(Nc1cc(F)c(I)cc1[N+](=O)[O-])C(C)(C)C. The van der Waals surface area contributed by atoms with Crippen LogP contribution in [0.2, 0.25) is 0 Å². The molecule has 100 valence electrons. The van der Waals surface area contributed by atoms with Crippen LogP contribution in [0, 0.1) is 24.9 Å². The van der Waals surface area contributed by atoms with E-state index in [4.69, 9.17) is 0 Å². The summed E-state index contributed by atoms with van der Waals surface area (Å²) in [6.07, 6.45) is 0. The van der Waals surface area contributed by atoms with Gasteiger partial charge in [0, 0.05) is 18.2 Å². The molecule has 1 aromatic carbocycles. The zero-order chi connectivity index (χ0) is 14.1. The van der Waals surface area contributed by atoms with E-state index in [1.807, 2.05) is 27.7 Å². The van der Waals surface area contributed by atoms with E-state index < -0.39 is 10.7 Å². The van der Waals surface area contributed by atoms with Crippen molar-refractivity contribution in [2.45, 2.75) is 33.7 Å². The fourth-order valence-electron chi connectivity index (χ4n) is 1.25. The molecule has 1 N–H and O–H groups in total. The van der Waals surface area contributed by atoms with Crippen LogP contribution in [0.1, 0.15) is 27.7 Å². The summed E-state index contributed by atoms with van der Waals surface area (Å²) in [5.41, 5.74) is 0.0464. The molecule has 0 spiro atoms. The molecular formula is C12H16FIN2O2. The monoisotopic (exact) mass is 366 g/mol. The van der Waals surface area contributed by atoms with Gasteiger partial charge < -0.3 is 5.32 Å². The lowest BCUT2D eigenvalue weighted by molar-refractivity contribution is -0.384. The Morgan fingerprint density at radius 1 is 1.44 bits per heavy atom. The second kappa shape index (κ2) is 5.38. The molecule has 0 aromatic heterocycles. The summed E-state index contributed by atoms with van der Waals surface area (Å²) in [5.74, 6) is -0.454. The van der Waals surface area contributed by atoms with Crippen molar-refractivity contribution >= 4 is 34.0 Å². The van der Waals surface area contributed by atoms with Gasteiger partial charge in [-0.05, 0) is 34.9 Å². The molecule has 4 nitrogen and oxygen atoms in total. The van der Waals surface area contributed by atoms with Gasteiger partial charge in [-0.15, -0.1) is 0 Å². The lowest BCUT2D eigenvalue weighted by atomic mass is 9.88. The third-order valence-electron chi connectivity index (χ3n) is 2.91. The summed E-state index contributed by atoms with van der Waals surface area (Å²) in [6.45, 7) is 7.96. The van der Waals surface area contributed by atoms with Gasteiger partial charge in [0.05, 0.1) is 8.49 Å². The maximum Gasteiger partial charge on any atom is 0.293 e. The van der Waals surface area contributed by atoms with Crippen molar-refractivity contribution < 1.29 is 9.31 Å². The Balaban J connectivity index is 3.15. The molecule has 0 fully saturated rings. The topological polar surface area (TPSA) is 55.2 Å². The van der Waals surface area contributed by atoms with Gasteiger partial charge in [-0.1, -0.05) is 20.8 Å². The van der Waals surface area contributed by atoms with Gasteiger partial charge in [0.15, 0.2) is 0 Å². The standard InChI is InChI=1S/C12H16FIN2O2/c1-7(12(2,3)4)15-10-5-8(13)9(14)6-11(10)16(17)18/h5-7,15H,1-4H3. The van der Waals surface area contributed by atoms with Crippen LogP contribution in [0.3, 0.4) is 0 Å². The summed E-state index contributed by atoms with van der Waals surface area (Å²) in [5, 5.41) is 14.0. The minimum atomic E-state index is -0.501. The van der Waals surface area contributed by atoms with E-state index in [1.165, 1.54) is 12.1 Å². The molecule has 0 saturated heterocycles. The number of nitro groups is 1. The number of benzene rings is 1. The first-order valence-corrected chi connectivity index (χ1v) is 6.60. The van der Waals surface area contributed by atoms with Crippen LogP contribution in [0.25, 0.3) is 0 Å². The molecule has 0 heterocycles. The molecule has 1 rings (SSSR count). The Morgan fingerprint density at radius 3 is 2.44 bits per heavy atom. The van der Waals surface area contributed by atoms with Crippen molar-refractivity contribution in [2.75, 3.05) is 5.32 Å². The molecule has 0 amide bonds. The van der Waals surface area contributed by atoms with E-state index in [1.54, 1.807) is 22.6 Å². The minimum Gasteiger partial charge on any atom is -0.376 e. The number of hydrogen-bond acceptors (Lipinski definition) is 3. The zero-order valence-corrected chi connectivity index (χ0v) is 12.9. The summed E-state index contributed by atoms with van der Waals surface area (Å²) in [7, 11) is 0. The summed E-state index contributed by atoms with van der Waals surface area (Å²) >= 11 is 1.74. The number of halogens is 2. The molecular weight excluding hydrogens is 350 g/mol. The molecule has 1 atom stereocenters. The second-order valence-electron chi connectivity index (χ2n) is 5.27. The summed E-state index contributed by atoms with van der Waals surface area (Å²) in [6, 6.07) is 2.41. The second-order valence-corrected chi connectivity index (χ2v) is 6.43. The van der Waals surface area contributed by atoms with Crippen molar-refractivity contribution in [3.05, 3.63) is 31.6 Å². The highest BCUT2D eigenvalue weighted by atomic mass is 127. The highest BCUT2D eigenvalue weighted by molar-refractivity contribution is 14.1. The number of hydrogen-bond donors (Lipinski definition) is 1. The van der Waals surface area contributed by atoms with Crippen LogP contribution in [-0.4, -0.2) is 11.0 Å².